The molecule has 0 saturated carbocycles. The molecule has 1 heterocycles. The number of hydrogen-bond acceptors (Lipinski definition) is 4. The van der Waals surface area contributed by atoms with Crippen molar-refractivity contribution in [2.45, 2.75) is 26.4 Å². The molecule has 1 aromatic rings. The summed E-state index contributed by atoms with van der Waals surface area (Å²) in [7, 11) is 0. The number of ether oxygens (including phenoxy) is 1. The van der Waals surface area contributed by atoms with Crippen molar-refractivity contribution < 1.29 is 14.3 Å². The summed E-state index contributed by atoms with van der Waals surface area (Å²) in [5.41, 5.74) is -0.290. The standard InChI is InChI=1S/C12H15BrN2O4/c1-3-19-12(18)8(2)14-10(16)7-15-6-9(13)4-5-11(15)17/h4-6,8H,3,7H2,1-2H3,(H,14,16). The molecule has 0 bridgehead atoms. The van der Waals surface area contributed by atoms with Crippen LogP contribution in [-0.2, 0) is 20.9 Å². The van der Waals surface area contributed by atoms with Crippen molar-refractivity contribution in [1.82, 2.24) is 9.88 Å². The first-order chi connectivity index (χ1) is 8.93. The molecule has 0 aliphatic rings. The summed E-state index contributed by atoms with van der Waals surface area (Å²) < 4.78 is 6.71. The molecule has 1 amide bonds. The summed E-state index contributed by atoms with van der Waals surface area (Å²) in [6.45, 7) is 3.32. The molecule has 6 nitrogen and oxygen atoms in total. The minimum atomic E-state index is -0.740. The first-order valence-electron chi connectivity index (χ1n) is 5.76. The second kappa shape index (κ2) is 7.08. The van der Waals surface area contributed by atoms with E-state index in [9.17, 15) is 14.4 Å². The molecular weight excluding hydrogens is 316 g/mol. The van der Waals surface area contributed by atoms with Crippen LogP contribution in [0.15, 0.2) is 27.6 Å². The van der Waals surface area contributed by atoms with Crippen LogP contribution in [0.5, 0.6) is 0 Å². The van der Waals surface area contributed by atoms with Gasteiger partial charge in [-0.1, -0.05) is 0 Å². The molecular formula is C12H15BrN2O4. The highest BCUT2D eigenvalue weighted by Gasteiger charge is 2.16. The van der Waals surface area contributed by atoms with E-state index in [2.05, 4.69) is 21.2 Å². The zero-order valence-corrected chi connectivity index (χ0v) is 12.3. The molecule has 0 saturated heterocycles. The van der Waals surface area contributed by atoms with E-state index in [0.717, 1.165) is 0 Å². The van der Waals surface area contributed by atoms with E-state index in [1.807, 2.05) is 0 Å². The molecule has 19 heavy (non-hydrogen) atoms. The average molecular weight is 331 g/mol. The van der Waals surface area contributed by atoms with Crippen molar-refractivity contribution in [2.75, 3.05) is 6.61 Å². The molecule has 1 unspecified atom stereocenters. The number of rotatable bonds is 5. The van der Waals surface area contributed by atoms with E-state index >= 15 is 0 Å². The van der Waals surface area contributed by atoms with Crippen molar-refractivity contribution in [3.05, 3.63) is 33.2 Å². The van der Waals surface area contributed by atoms with Crippen LogP contribution >= 0.6 is 15.9 Å². The van der Waals surface area contributed by atoms with Crippen LogP contribution in [0.2, 0.25) is 0 Å². The Morgan fingerprint density at radius 1 is 1.47 bits per heavy atom. The first kappa shape index (κ1) is 15.4. The predicted molar refractivity (Wildman–Crippen MR) is 72.6 cm³/mol. The number of carbonyl (C=O) groups is 2. The normalized spacial score (nSPS) is 11.7. The lowest BCUT2D eigenvalue weighted by atomic mass is 10.3. The van der Waals surface area contributed by atoms with Crippen molar-refractivity contribution in [3.63, 3.8) is 0 Å². The highest BCUT2D eigenvalue weighted by atomic mass is 79.9. The fourth-order valence-corrected chi connectivity index (χ4v) is 1.77. The molecule has 1 aromatic heterocycles. The zero-order valence-electron chi connectivity index (χ0n) is 10.7. The Morgan fingerprint density at radius 2 is 2.16 bits per heavy atom. The van der Waals surface area contributed by atoms with Crippen molar-refractivity contribution >= 4 is 27.8 Å². The third-order valence-corrected chi connectivity index (χ3v) is 2.75. The van der Waals surface area contributed by atoms with Gasteiger partial charge in [0.05, 0.1) is 6.61 Å². The second-order valence-corrected chi connectivity index (χ2v) is 4.77. The number of amides is 1. The van der Waals surface area contributed by atoms with Crippen LogP contribution in [0.25, 0.3) is 0 Å². The first-order valence-corrected chi connectivity index (χ1v) is 6.55. The molecule has 0 aromatic carbocycles. The molecule has 0 fully saturated rings. The molecule has 0 aliphatic heterocycles. The molecule has 0 aliphatic carbocycles. The fourth-order valence-electron chi connectivity index (χ4n) is 1.39. The van der Waals surface area contributed by atoms with E-state index in [1.165, 1.54) is 23.8 Å². The van der Waals surface area contributed by atoms with E-state index in [0.29, 0.717) is 4.47 Å². The van der Waals surface area contributed by atoms with E-state index in [4.69, 9.17) is 4.74 Å². The predicted octanol–water partition coefficient (Wildman–Crippen LogP) is 0.679. The molecule has 1 atom stereocenters. The number of nitrogens with one attached hydrogen (secondary N) is 1. The fraction of sp³-hybridized carbons (Fsp3) is 0.417. The monoisotopic (exact) mass is 330 g/mol. The van der Waals surface area contributed by atoms with Gasteiger partial charge in [-0.25, -0.2) is 4.79 Å². The van der Waals surface area contributed by atoms with Crippen LogP contribution in [0, 0.1) is 0 Å². The third kappa shape index (κ3) is 4.86. The summed E-state index contributed by atoms with van der Waals surface area (Å²) in [4.78, 5) is 34.5. The van der Waals surface area contributed by atoms with Gasteiger partial charge in [0.2, 0.25) is 5.91 Å². The van der Waals surface area contributed by atoms with Crippen molar-refractivity contribution in [1.29, 1.82) is 0 Å². The van der Waals surface area contributed by atoms with Gasteiger partial charge in [-0.05, 0) is 35.8 Å². The Labute approximate surface area is 118 Å². The Balaban J connectivity index is 2.63. The summed E-state index contributed by atoms with van der Waals surface area (Å²) >= 11 is 3.22. The topological polar surface area (TPSA) is 77.4 Å². The quantitative estimate of drug-likeness (QED) is 0.805. The third-order valence-electron chi connectivity index (χ3n) is 2.28. The number of esters is 1. The Hall–Kier alpha value is -1.63. The lowest BCUT2D eigenvalue weighted by Crippen LogP contribution is -2.42. The smallest absolute Gasteiger partial charge is 0.328 e. The minimum absolute atomic E-state index is 0.151. The van der Waals surface area contributed by atoms with Gasteiger partial charge in [0, 0.05) is 16.7 Å². The number of aromatic nitrogens is 1. The molecule has 7 heteroatoms. The van der Waals surface area contributed by atoms with Gasteiger partial charge in [0.1, 0.15) is 12.6 Å². The largest absolute Gasteiger partial charge is 0.464 e. The molecule has 1 rings (SSSR count). The summed E-state index contributed by atoms with van der Waals surface area (Å²) in [6, 6.07) is 2.21. The van der Waals surface area contributed by atoms with Gasteiger partial charge in [-0.2, -0.15) is 0 Å². The van der Waals surface area contributed by atoms with Gasteiger partial charge >= 0.3 is 5.97 Å². The average Bonchev–Trinajstić information content (AvgIpc) is 2.34. The van der Waals surface area contributed by atoms with Crippen molar-refractivity contribution in [2.24, 2.45) is 0 Å². The summed E-state index contributed by atoms with van der Waals surface area (Å²) in [5.74, 6) is -0.932. The highest BCUT2D eigenvalue weighted by Crippen LogP contribution is 2.04. The van der Waals surface area contributed by atoms with Gasteiger partial charge in [-0.15, -0.1) is 0 Å². The minimum Gasteiger partial charge on any atom is -0.464 e. The number of pyridine rings is 1. The number of hydrogen-bond donors (Lipinski definition) is 1. The lowest BCUT2D eigenvalue weighted by molar-refractivity contribution is -0.146. The summed E-state index contributed by atoms with van der Waals surface area (Å²) in [6.07, 6.45) is 1.51. The highest BCUT2D eigenvalue weighted by molar-refractivity contribution is 9.10. The van der Waals surface area contributed by atoms with E-state index in [1.54, 1.807) is 13.0 Å². The van der Waals surface area contributed by atoms with Gasteiger partial charge in [0.15, 0.2) is 0 Å². The maximum absolute atomic E-state index is 11.7. The van der Waals surface area contributed by atoms with Crippen LogP contribution in [-0.4, -0.2) is 29.1 Å². The van der Waals surface area contributed by atoms with Gasteiger partial charge in [0.25, 0.3) is 5.56 Å². The van der Waals surface area contributed by atoms with Gasteiger partial charge < -0.3 is 14.6 Å². The maximum Gasteiger partial charge on any atom is 0.328 e. The molecule has 0 spiro atoms. The zero-order chi connectivity index (χ0) is 14.4. The van der Waals surface area contributed by atoms with E-state index < -0.39 is 17.9 Å². The molecule has 1 N–H and O–H groups in total. The number of nitrogens with zero attached hydrogens (tertiary/aromatic N) is 1. The van der Waals surface area contributed by atoms with Crippen LogP contribution in [0.3, 0.4) is 0 Å². The van der Waals surface area contributed by atoms with Crippen LogP contribution in [0.1, 0.15) is 13.8 Å². The number of halogens is 1. The Kier molecular flexibility index (Phi) is 5.75. The molecule has 104 valence electrons. The Bertz CT molecular complexity index is 527. The molecule has 0 radical (unpaired) electrons. The van der Waals surface area contributed by atoms with Gasteiger partial charge in [-0.3, -0.25) is 9.59 Å². The lowest BCUT2D eigenvalue weighted by Gasteiger charge is -2.13. The van der Waals surface area contributed by atoms with Crippen LogP contribution in [0.4, 0.5) is 0 Å². The van der Waals surface area contributed by atoms with E-state index in [-0.39, 0.29) is 18.7 Å². The number of carbonyl (C=O) groups excluding carboxylic acids is 2. The maximum atomic E-state index is 11.7. The second-order valence-electron chi connectivity index (χ2n) is 3.85. The van der Waals surface area contributed by atoms with Crippen LogP contribution < -0.4 is 10.9 Å². The van der Waals surface area contributed by atoms with Crippen molar-refractivity contribution in [3.8, 4) is 0 Å². The summed E-state index contributed by atoms with van der Waals surface area (Å²) in [5, 5.41) is 2.47. The Morgan fingerprint density at radius 3 is 2.79 bits per heavy atom. The SMILES string of the molecule is CCOC(=O)C(C)NC(=O)Cn1cc(Br)ccc1=O.